The van der Waals surface area contributed by atoms with Gasteiger partial charge in [-0.1, -0.05) is 17.7 Å². The van der Waals surface area contributed by atoms with Gasteiger partial charge in [-0.25, -0.2) is 4.68 Å². The van der Waals surface area contributed by atoms with Crippen LogP contribution in [0.5, 0.6) is 5.75 Å². The minimum Gasteiger partial charge on any atom is -0.497 e. The number of methoxy groups -OCH3 is 1. The molecule has 8 nitrogen and oxygen atoms in total. The summed E-state index contributed by atoms with van der Waals surface area (Å²) in [5, 5.41) is 14.2. The van der Waals surface area contributed by atoms with Gasteiger partial charge in [0.25, 0.3) is 11.2 Å². The highest BCUT2D eigenvalue weighted by Gasteiger charge is 2.20. The molecule has 0 saturated carbocycles. The van der Waals surface area contributed by atoms with E-state index in [4.69, 9.17) is 9.73 Å². The summed E-state index contributed by atoms with van der Waals surface area (Å²) in [5.74, 6) is 0.697. The van der Waals surface area contributed by atoms with Crippen molar-refractivity contribution < 1.29 is 9.66 Å². The number of nitro groups is 1. The Kier molecular flexibility index (Phi) is 6.14. The predicted molar refractivity (Wildman–Crippen MR) is 133 cm³/mol. The van der Waals surface area contributed by atoms with Crippen LogP contribution in [0.3, 0.4) is 0 Å². The second kappa shape index (κ2) is 9.19. The Hall–Kier alpha value is -4.46. The summed E-state index contributed by atoms with van der Waals surface area (Å²) in [5.41, 5.74) is 5.41. The van der Waals surface area contributed by atoms with E-state index < -0.39 is 4.92 Å². The van der Waals surface area contributed by atoms with E-state index in [1.54, 1.807) is 14.0 Å². The molecule has 4 aromatic rings. The molecule has 3 aromatic carbocycles. The summed E-state index contributed by atoms with van der Waals surface area (Å²) in [6.07, 6.45) is 0. The van der Waals surface area contributed by atoms with E-state index in [9.17, 15) is 14.9 Å². The molecule has 1 heterocycles. The fourth-order valence-corrected chi connectivity index (χ4v) is 3.81. The second-order valence-corrected chi connectivity index (χ2v) is 7.99. The second-order valence-electron chi connectivity index (χ2n) is 7.99. The van der Waals surface area contributed by atoms with E-state index >= 15 is 0 Å². The number of ether oxygens (including phenoxy) is 1. The Bertz CT molecular complexity index is 1450. The maximum absolute atomic E-state index is 13.6. The number of non-ortho nitro benzene ring substituents is 1. The molecule has 0 fully saturated rings. The molecule has 0 saturated heterocycles. The molecule has 0 bridgehead atoms. The molecular formula is C26H24N4O4. The van der Waals surface area contributed by atoms with E-state index in [1.165, 1.54) is 28.9 Å². The Morgan fingerprint density at radius 1 is 1.03 bits per heavy atom. The highest BCUT2D eigenvalue weighted by molar-refractivity contribution is 6.05. The van der Waals surface area contributed by atoms with Crippen LogP contribution in [0.4, 0.5) is 11.4 Å². The molecule has 1 aromatic heterocycles. The molecule has 0 amide bonds. The molecule has 0 aliphatic heterocycles. The zero-order valence-electron chi connectivity index (χ0n) is 19.3. The van der Waals surface area contributed by atoms with Gasteiger partial charge in [0.15, 0.2) is 0 Å². The molecule has 8 heteroatoms. The summed E-state index contributed by atoms with van der Waals surface area (Å²) in [6.45, 7) is 5.80. The highest BCUT2D eigenvalue weighted by atomic mass is 16.6. The lowest BCUT2D eigenvalue weighted by Gasteiger charge is -2.06. The summed E-state index contributed by atoms with van der Waals surface area (Å²) in [7, 11) is 1.59. The fraction of sp³-hybridized carbons (Fsp3) is 0.154. The number of H-pyrrole nitrogens is 1. The van der Waals surface area contributed by atoms with Gasteiger partial charge in [0.05, 0.1) is 40.4 Å². The van der Waals surface area contributed by atoms with Crippen LogP contribution in [0.25, 0.3) is 16.9 Å². The first kappa shape index (κ1) is 22.7. The van der Waals surface area contributed by atoms with Gasteiger partial charge in [-0.15, -0.1) is 0 Å². The van der Waals surface area contributed by atoms with Crippen LogP contribution in [-0.2, 0) is 0 Å². The quantitative estimate of drug-likeness (QED) is 0.235. The van der Waals surface area contributed by atoms with Crippen LogP contribution < -0.4 is 10.3 Å². The standard InChI is InChI=1S/C26H24N4O4/c1-16-5-14-23(17(2)15-16)27-18(3)24-25(19-6-12-22(34-4)13-7-19)28-29(26(24)31)20-8-10-21(11-9-20)30(32)33/h5-15,28H,1-4H3. The molecule has 0 spiro atoms. The maximum atomic E-state index is 13.6. The van der Waals surface area contributed by atoms with Crippen LogP contribution in [0, 0.1) is 24.0 Å². The molecule has 0 aliphatic carbocycles. The first-order valence-electron chi connectivity index (χ1n) is 10.7. The first-order chi connectivity index (χ1) is 16.3. The Balaban J connectivity index is 1.90. The van der Waals surface area contributed by atoms with Gasteiger partial charge in [0.2, 0.25) is 0 Å². The number of aromatic amines is 1. The Morgan fingerprint density at radius 2 is 1.71 bits per heavy atom. The third-order valence-corrected chi connectivity index (χ3v) is 5.59. The number of aliphatic imine (C=N–C) groups is 1. The predicted octanol–water partition coefficient (Wildman–Crippen LogP) is 5.51. The van der Waals surface area contributed by atoms with Crippen molar-refractivity contribution in [2.45, 2.75) is 20.8 Å². The number of aromatic nitrogens is 2. The average Bonchev–Trinajstić information content (AvgIpc) is 3.18. The van der Waals surface area contributed by atoms with Gasteiger partial charge in [0.1, 0.15) is 5.75 Å². The summed E-state index contributed by atoms with van der Waals surface area (Å²) < 4.78 is 6.63. The van der Waals surface area contributed by atoms with Crippen molar-refractivity contribution in [1.82, 2.24) is 9.78 Å². The lowest BCUT2D eigenvalue weighted by Crippen LogP contribution is -2.19. The SMILES string of the molecule is COc1ccc(-c2[nH]n(-c3ccc([N+](=O)[O-])cc3)c(=O)c2C(C)=Nc2ccc(C)cc2C)cc1. The monoisotopic (exact) mass is 456 g/mol. The molecule has 34 heavy (non-hydrogen) atoms. The van der Waals surface area contributed by atoms with Gasteiger partial charge in [-0.05, 0) is 68.8 Å². The number of nitro benzene ring substituents is 1. The topological polar surface area (TPSA) is 103 Å². The maximum Gasteiger partial charge on any atom is 0.280 e. The van der Waals surface area contributed by atoms with Crippen molar-refractivity contribution in [3.05, 3.63) is 104 Å². The highest BCUT2D eigenvalue weighted by Crippen LogP contribution is 2.27. The molecule has 0 unspecified atom stereocenters. The third-order valence-electron chi connectivity index (χ3n) is 5.59. The van der Waals surface area contributed by atoms with E-state index in [-0.39, 0.29) is 11.2 Å². The number of aryl methyl sites for hydroxylation is 2. The molecule has 1 N–H and O–H groups in total. The molecule has 0 radical (unpaired) electrons. The Labute approximate surface area is 196 Å². The number of hydrogen-bond donors (Lipinski definition) is 1. The number of nitrogens with one attached hydrogen (secondary N) is 1. The van der Waals surface area contributed by atoms with Crippen molar-refractivity contribution in [2.24, 2.45) is 4.99 Å². The number of hydrogen-bond acceptors (Lipinski definition) is 5. The lowest BCUT2D eigenvalue weighted by atomic mass is 10.0. The zero-order chi connectivity index (χ0) is 24.4. The van der Waals surface area contributed by atoms with Crippen molar-refractivity contribution in [3.8, 4) is 22.7 Å². The number of benzene rings is 3. The molecule has 4 rings (SSSR count). The van der Waals surface area contributed by atoms with Crippen LogP contribution in [0.15, 0.2) is 76.5 Å². The molecular weight excluding hydrogens is 432 g/mol. The molecule has 0 aliphatic rings. The smallest absolute Gasteiger partial charge is 0.280 e. The average molecular weight is 457 g/mol. The van der Waals surface area contributed by atoms with Gasteiger partial charge < -0.3 is 4.74 Å². The van der Waals surface area contributed by atoms with Crippen molar-refractivity contribution >= 4 is 17.1 Å². The summed E-state index contributed by atoms with van der Waals surface area (Å²) in [6, 6.07) is 19.1. The normalized spacial score (nSPS) is 11.5. The van der Waals surface area contributed by atoms with Crippen LogP contribution in [-0.4, -0.2) is 27.5 Å². The fourth-order valence-electron chi connectivity index (χ4n) is 3.81. The summed E-state index contributed by atoms with van der Waals surface area (Å²) in [4.78, 5) is 28.9. The van der Waals surface area contributed by atoms with Crippen molar-refractivity contribution in [3.63, 3.8) is 0 Å². The van der Waals surface area contributed by atoms with Gasteiger partial charge in [-0.3, -0.25) is 25.0 Å². The largest absolute Gasteiger partial charge is 0.497 e. The molecule has 172 valence electrons. The van der Waals surface area contributed by atoms with Gasteiger partial charge in [0, 0.05) is 17.7 Å². The third kappa shape index (κ3) is 4.38. The van der Waals surface area contributed by atoms with E-state index in [2.05, 4.69) is 5.10 Å². The minimum atomic E-state index is -0.476. The van der Waals surface area contributed by atoms with Gasteiger partial charge >= 0.3 is 0 Å². The van der Waals surface area contributed by atoms with Crippen LogP contribution in [0.2, 0.25) is 0 Å². The van der Waals surface area contributed by atoms with Gasteiger partial charge in [-0.2, -0.15) is 0 Å². The summed E-state index contributed by atoms with van der Waals surface area (Å²) >= 11 is 0. The van der Waals surface area contributed by atoms with Crippen molar-refractivity contribution in [2.75, 3.05) is 7.11 Å². The van der Waals surface area contributed by atoms with E-state index in [1.807, 2.05) is 56.3 Å². The van der Waals surface area contributed by atoms with E-state index in [0.717, 1.165) is 22.4 Å². The van der Waals surface area contributed by atoms with Crippen LogP contribution in [0.1, 0.15) is 23.6 Å². The minimum absolute atomic E-state index is 0.0495. The molecule has 0 atom stereocenters. The number of rotatable bonds is 6. The lowest BCUT2D eigenvalue weighted by molar-refractivity contribution is -0.384. The zero-order valence-corrected chi connectivity index (χ0v) is 19.3. The van der Waals surface area contributed by atoms with Crippen molar-refractivity contribution in [1.29, 1.82) is 0 Å². The first-order valence-corrected chi connectivity index (χ1v) is 10.7. The van der Waals surface area contributed by atoms with E-state index in [0.29, 0.717) is 28.4 Å². The Morgan fingerprint density at radius 3 is 2.29 bits per heavy atom. The number of nitrogens with zero attached hydrogens (tertiary/aromatic N) is 3. The van der Waals surface area contributed by atoms with Crippen LogP contribution >= 0.6 is 0 Å².